The molecule has 0 aliphatic heterocycles. The highest BCUT2D eigenvalue weighted by molar-refractivity contribution is 4.73. The Balaban J connectivity index is 4.07. The SMILES string of the molecule is CCC(C)N(CCOC)C(C)CCNC. The second-order valence-electron chi connectivity index (χ2n) is 4.23. The van der Waals surface area contributed by atoms with Gasteiger partial charge in [-0.15, -0.1) is 0 Å². The molecule has 0 saturated carbocycles. The number of nitrogens with one attached hydrogen (secondary N) is 1. The zero-order valence-electron chi connectivity index (χ0n) is 11.0. The van der Waals surface area contributed by atoms with Gasteiger partial charge in [-0.25, -0.2) is 0 Å². The van der Waals surface area contributed by atoms with Crippen LogP contribution in [0.4, 0.5) is 0 Å². The Morgan fingerprint density at radius 1 is 1.27 bits per heavy atom. The van der Waals surface area contributed by atoms with Crippen LogP contribution in [0.25, 0.3) is 0 Å². The summed E-state index contributed by atoms with van der Waals surface area (Å²) in [4.78, 5) is 2.54. The molecule has 0 rings (SSSR count). The molecule has 15 heavy (non-hydrogen) atoms. The fourth-order valence-electron chi connectivity index (χ4n) is 1.83. The van der Waals surface area contributed by atoms with Crippen LogP contribution in [-0.4, -0.2) is 50.8 Å². The van der Waals surface area contributed by atoms with Crippen LogP contribution < -0.4 is 5.32 Å². The number of ether oxygens (including phenoxy) is 1. The van der Waals surface area contributed by atoms with Gasteiger partial charge in [0.05, 0.1) is 6.61 Å². The summed E-state index contributed by atoms with van der Waals surface area (Å²) < 4.78 is 5.16. The molecule has 0 saturated heterocycles. The van der Waals surface area contributed by atoms with Crippen molar-refractivity contribution in [3.8, 4) is 0 Å². The van der Waals surface area contributed by atoms with Gasteiger partial charge in [-0.3, -0.25) is 4.90 Å². The van der Waals surface area contributed by atoms with E-state index >= 15 is 0 Å². The van der Waals surface area contributed by atoms with E-state index in [2.05, 4.69) is 31.0 Å². The molecule has 92 valence electrons. The maximum atomic E-state index is 5.16. The Labute approximate surface area is 95.2 Å². The topological polar surface area (TPSA) is 24.5 Å². The van der Waals surface area contributed by atoms with Crippen molar-refractivity contribution in [2.75, 3.05) is 33.9 Å². The molecule has 1 N–H and O–H groups in total. The maximum Gasteiger partial charge on any atom is 0.0589 e. The van der Waals surface area contributed by atoms with E-state index in [1.54, 1.807) is 7.11 Å². The molecule has 0 aromatic carbocycles. The lowest BCUT2D eigenvalue weighted by molar-refractivity contribution is 0.0909. The fourth-order valence-corrected chi connectivity index (χ4v) is 1.83. The van der Waals surface area contributed by atoms with Gasteiger partial charge in [0.15, 0.2) is 0 Å². The van der Waals surface area contributed by atoms with Crippen molar-refractivity contribution >= 4 is 0 Å². The van der Waals surface area contributed by atoms with Gasteiger partial charge in [-0.2, -0.15) is 0 Å². The van der Waals surface area contributed by atoms with Crippen LogP contribution in [0.1, 0.15) is 33.6 Å². The van der Waals surface area contributed by atoms with Crippen LogP contribution in [0.3, 0.4) is 0 Å². The first-order valence-corrected chi connectivity index (χ1v) is 6.06. The van der Waals surface area contributed by atoms with E-state index in [0.717, 1.165) is 19.7 Å². The Morgan fingerprint density at radius 2 is 1.93 bits per heavy atom. The monoisotopic (exact) mass is 216 g/mol. The fraction of sp³-hybridized carbons (Fsp3) is 1.00. The van der Waals surface area contributed by atoms with Crippen LogP contribution in [0, 0.1) is 0 Å². The van der Waals surface area contributed by atoms with Gasteiger partial charge in [0.25, 0.3) is 0 Å². The van der Waals surface area contributed by atoms with Crippen LogP contribution in [0.15, 0.2) is 0 Å². The molecule has 0 heterocycles. The van der Waals surface area contributed by atoms with E-state index in [1.807, 2.05) is 7.05 Å². The average Bonchev–Trinajstić information content (AvgIpc) is 2.26. The highest BCUT2D eigenvalue weighted by atomic mass is 16.5. The minimum Gasteiger partial charge on any atom is -0.383 e. The van der Waals surface area contributed by atoms with Gasteiger partial charge in [0.1, 0.15) is 0 Å². The third-order valence-electron chi connectivity index (χ3n) is 3.09. The third-order valence-corrected chi connectivity index (χ3v) is 3.09. The Bertz CT molecular complexity index is 142. The van der Waals surface area contributed by atoms with Crippen LogP contribution in [0.2, 0.25) is 0 Å². The first-order chi connectivity index (χ1) is 7.17. The lowest BCUT2D eigenvalue weighted by atomic mass is 10.1. The number of hydrogen-bond acceptors (Lipinski definition) is 3. The average molecular weight is 216 g/mol. The van der Waals surface area contributed by atoms with E-state index in [4.69, 9.17) is 4.74 Å². The summed E-state index contributed by atoms with van der Waals surface area (Å²) in [6, 6.07) is 1.27. The zero-order chi connectivity index (χ0) is 11.7. The maximum absolute atomic E-state index is 5.16. The van der Waals surface area contributed by atoms with Gasteiger partial charge in [-0.05, 0) is 40.3 Å². The molecule has 0 fully saturated rings. The van der Waals surface area contributed by atoms with Crippen LogP contribution in [0.5, 0.6) is 0 Å². The minimum atomic E-state index is 0.627. The molecule has 3 heteroatoms. The second kappa shape index (κ2) is 9.13. The van der Waals surface area contributed by atoms with Gasteiger partial charge in [-0.1, -0.05) is 6.92 Å². The van der Waals surface area contributed by atoms with Crippen LogP contribution in [-0.2, 0) is 4.74 Å². The Hall–Kier alpha value is -0.120. The Kier molecular flexibility index (Phi) is 9.06. The standard InChI is InChI=1S/C12H28N2O/c1-6-11(2)14(9-10-15-5)12(3)7-8-13-4/h11-13H,6-10H2,1-5H3. The van der Waals surface area contributed by atoms with E-state index in [-0.39, 0.29) is 0 Å². The molecule has 0 aromatic heterocycles. The smallest absolute Gasteiger partial charge is 0.0589 e. The summed E-state index contributed by atoms with van der Waals surface area (Å²) in [5.41, 5.74) is 0. The molecule has 3 nitrogen and oxygen atoms in total. The molecule has 0 spiro atoms. The lowest BCUT2D eigenvalue weighted by Gasteiger charge is -2.34. The first kappa shape index (κ1) is 14.9. The van der Waals surface area contributed by atoms with E-state index in [1.165, 1.54) is 12.8 Å². The quantitative estimate of drug-likeness (QED) is 0.635. The molecule has 0 aromatic rings. The van der Waals surface area contributed by atoms with Crippen molar-refractivity contribution < 1.29 is 4.74 Å². The van der Waals surface area contributed by atoms with Crippen molar-refractivity contribution in [1.82, 2.24) is 10.2 Å². The Morgan fingerprint density at radius 3 is 2.40 bits per heavy atom. The van der Waals surface area contributed by atoms with Crippen molar-refractivity contribution in [2.45, 2.75) is 45.7 Å². The normalized spacial score (nSPS) is 15.6. The summed E-state index contributed by atoms with van der Waals surface area (Å²) in [6.07, 6.45) is 2.40. The highest BCUT2D eigenvalue weighted by Gasteiger charge is 2.17. The van der Waals surface area contributed by atoms with Gasteiger partial charge >= 0.3 is 0 Å². The van der Waals surface area contributed by atoms with Gasteiger partial charge in [0, 0.05) is 25.7 Å². The predicted octanol–water partition coefficient (Wildman–Crippen LogP) is 1.73. The van der Waals surface area contributed by atoms with Crippen molar-refractivity contribution in [3.63, 3.8) is 0 Å². The number of methoxy groups -OCH3 is 1. The summed E-state index contributed by atoms with van der Waals surface area (Å²) >= 11 is 0. The molecule has 0 bridgehead atoms. The minimum absolute atomic E-state index is 0.627. The molecular weight excluding hydrogens is 188 g/mol. The summed E-state index contributed by atoms with van der Waals surface area (Å²) in [5, 5.41) is 3.21. The summed E-state index contributed by atoms with van der Waals surface area (Å²) in [5.74, 6) is 0. The van der Waals surface area contributed by atoms with Crippen molar-refractivity contribution in [3.05, 3.63) is 0 Å². The van der Waals surface area contributed by atoms with Gasteiger partial charge < -0.3 is 10.1 Å². The number of rotatable bonds is 9. The zero-order valence-corrected chi connectivity index (χ0v) is 11.0. The molecular formula is C12H28N2O. The first-order valence-electron chi connectivity index (χ1n) is 6.06. The lowest BCUT2D eigenvalue weighted by Crippen LogP contribution is -2.43. The van der Waals surface area contributed by atoms with Crippen molar-refractivity contribution in [1.29, 1.82) is 0 Å². The molecule has 0 aliphatic carbocycles. The van der Waals surface area contributed by atoms with Crippen LogP contribution >= 0.6 is 0 Å². The molecule has 0 radical (unpaired) electrons. The largest absolute Gasteiger partial charge is 0.383 e. The molecule has 2 atom stereocenters. The van der Waals surface area contributed by atoms with Crippen molar-refractivity contribution in [2.24, 2.45) is 0 Å². The van der Waals surface area contributed by atoms with E-state index < -0.39 is 0 Å². The third kappa shape index (κ3) is 6.13. The molecule has 0 amide bonds. The summed E-state index contributed by atoms with van der Waals surface area (Å²) in [7, 11) is 3.78. The van der Waals surface area contributed by atoms with Gasteiger partial charge in [0.2, 0.25) is 0 Å². The number of hydrogen-bond donors (Lipinski definition) is 1. The van der Waals surface area contributed by atoms with E-state index in [9.17, 15) is 0 Å². The molecule has 2 unspecified atom stereocenters. The predicted molar refractivity (Wildman–Crippen MR) is 66.3 cm³/mol. The van der Waals surface area contributed by atoms with E-state index in [0.29, 0.717) is 12.1 Å². The number of nitrogens with zero attached hydrogens (tertiary/aromatic N) is 1. The second-order valence-corrected chi connectivity index (χ2v) is 4.23. The summed E-state index contributed by atoms with van der Waals surface area (Å²) in [6.45, 7) is 9.80. The molecule has 0 aliphatic rings. The highest BCUT2D eigenvalue weighted by Crippen LogP contribution is 2.10.